The van der Waals surface area contributed by atoms with Gasteiger partial charge in [-0.1, -0.05) is 25.2 Å². The summed E-state index contributed by atoms with van der Waals surface area (Å²) in [5, 5.41) is 9.05. The molecule has 1 rings (SSSR count). The standard InChI is InChI=1S/C11H16O2/c1-3-5-9(6-4-2)11(7-8-11)10(12)13/h3,5-6H,4,7-8H2,1-2H3,(H,12,13)/b5-3-,9-6+. The van der Waals surface area contributed by atoms with Crippen molar-refractivity contribution in [1.29, 1.82) is 0 Å². The highest BCUT2D eigenvalue weighted by molar-refractivity contribution is 5.83. The van der Waals surface area contributed by atoms with Crippen LogP contribution in [0.15, 0.2) is 23.8 Å². The van der Waals surface area contributed by atoms with E-state index in [-0.39, 0.29) is 0 Å². The molecule has 1 N–H and O–H groups in total. The van der Waals surface area contributed by atoms with E-state index in [0.717, 1.165) is 24.8 Å². The number of carbonyl (C=O) groups is 1. The van der Waals surface area contributed by atoms with Gasteiger partial charge in [0.2, 0.25) is 0 Å². The van der Waals surface area contributed by atoms with Crippen LogP contribution in [0, 0.1) is 5.41 Å². The van der Waals surface area contributed by atoms with Crippen molar-refractivity contribution in [3.8, 4) is 0 Å². The second-order valence-electron chi connectivity index (χ2n) is 3.45. The smallest absolute Gasteiger partial charge is 0.314 e. The van der Waals surface area contributed by atoms with Crippen LogP contribution in [-0.2, 0) is 4.79 Å². The average molecular weight is 180 g/mol. The van der Waals surface area contributed by atoms with Crippen molar-refractivity contribution in [3.63, 3.8) is 0 Å². The van der Waals surface area contributed by atoms with Crippen LogP contribution >= 0.6 is 0 Å². The maximum atomic E-state index is 11.0. The maximum Gasteiger partial charge on any atom is 0.314 e. The lowest BCUT2D eigenvalue weighted by molar-refractivity contribution is -0.141. The van der Waals surface area contributed by atoms with Crippen molar-refractivity contribution < 1.29 is 9.90 Å². The van der Waals surface area contributed by atoms with E-state index in [9.17, 15) is 4.79 Å². The van der Waals surface area contributed by atoms with Gasteiger partial charge < -0.3 is 5.11 Å². The molecular weight excluding hydrogens is 164 g/mol. The summed E-state index contributed by atoms with van der Waals surface area (Å²) in [5.74, 6) is -0.676. The van der Waals surface area contributed by atoms with Crippen molar-refractivity contribution in [2.24, 2.45) is 5.41 Å². The van der Waals surface area contributed by atoms with Crippen LogP contribution in [-0.4, -0.2) is 11.1 Å². The Balaban J connectivity index is 2.88. The van der Waals surface area contributed by atoms with Crippen LogP contribution in [0.3, 0.4) is 0 Å². The molecule has 1 saturated carbocycles. The molecule has 2 nitrogen and oxygen atoms in total. The van der Waals surface area contributed by atoms with Crippen LogP contribution in [0.5, 0.6) is 0 Å². The molecule has 0 radical (unpaired) electrons. The second kappa shape index (κ2) is 3.77. The first-order valence-electron chi connectivity index (χ1n) is 4.74. The molecule has 0 aliphatic heterocycles. The van der Waals surface area contributed by atoms with E-state index in [1.807, 2.05) is 32.1 Å². The number of hydrogen-bond donors (Lipinski definition) is 1. The summed E-state index contributed by atoms with van der Waals surface area (Å²) in [6.45, 7) is 3.95. The minimum absolute atomic E-state index is 0.539. The second-order valence-corrected chi connectivity index (χ2v) is 3.45. The Kier molecular flexibility index (Phi) is 2.91. The van der Waals surface area contributed by atoms with Crippen molar-refractivity contribution in [2.75, 3.05) is 0 Å². The van der Waals surface area contributed by atoms with Crippen molar-refractivity contribution in [2.45, 2.75) is 33.1 Å². The number of rotatable bonds is 4. The first-order valence-corrected chi connectivity index (χ1v) is 4.74. The van der Waals surface area contributed by atoms with Gasteiger partial charge in [-0.2, -0.15) is 0 Å². The van der Waals surface area contributed by atoms with E-state index in [1.165, 1.54) is 0 Å². The lowest BCUT2D eigenvalue weighted by Gasteiger charge is -2.10. The summed E-state index contributed by atoms with van der Waals surface area (Å²) < 4.78 is 0. The summed E-state index contributed by atoms with van der Waals surface area (Å²) in [4.78, 5) is 11.0. The normalized spacial score (nSPS) is 20.6. The Morgan fingerprint density at radius 1 is 1.54 bits per heavy atom. The number of aliphatic carboxylic acids is 1. The van der Waals surface area contributed by atoms with Crippen molar-refractivity contribution >= 4 is 5.97 Å². The highest BCUT2D eigenvalue weighted by Crippen LogP contribution is 2.52. The summed E-state index contributed by atoms with van der Waals surface area (Å²) >= 11 is 0. The van der Waals surface area contributed by atoms with E-state index in [2.05, 4.69) is 0 Å². The van der Waals surface area contributed by atoms with Crippen LogP contribution in [0.1, 0.15) is 33.1 Å². The van der Waals surface area contributed by atoms with E-state index in [1.54, 1.807) is 0 Å². The molecule has 0 spiro atoms. The minimum Gasteiger partial charge on any atom is -0.481 e. The highest BCUT2D eigenvalue weighted by Gasteiger charge is 2.52. The molecule has 0 aromatic rings. The molecule has 0 bridgehead atoms. The predicted molar refractivity (Wildman–Crippen MR) is 52.5 cm³/mol. The zero-order chi connectivity index (χ0) is 9.90. The fourth-order valence-corrected chi connectivity index (χ4v) is 1.57. The highest BCUT2D eigenvalue weighted by atomic mass is 16.4. The topological polar surface area (TPSA) is 37.3 Å². The molecule has 0 atom stereocenters. The Morgan fingerprint density at radius 3 is 2.46 bits per heavy atom. The molecule has 0 unspecified atom stereocenters. The van der Waals surface area contributed by atoms with Gasteiger partial charge in [0, 0.05) is 0 Å². The lowest BCUT2D eigenvalue weighted by Crippen LogP contribution is -2.16. The molecule has 0 saturated heterocycles. The van der Waals surface area contributed by atoms with Gasteiger partial charge in [0.1, 0.15) is 0 Å². The summed E-state index contributed by atoms with van der Waals surface area (Å²) in [5.41, 5.74) is 0.438. The van der Waals surface area contributed by atoms with Crippen LogP contribution in [0.2, 0.25) is 0 Å². The number of hydrogen-bond acceptors (Lipinski definition) is 1. The van der Waals surface area contributed by atoms with Crippen molar-refractivity contribution in [3.05, 3.63) is 23.8 Å². The first kappa shape index (κ1) is 10.0. The predicted octanol–water partition coefficient (Wildman–Crippen LogP) is 2.76. The Bertz CT molecular complexity index is 257. The number of allylic oxidation sites excluding steroid dienone is 3. The third-order valence-corrected chi connectivity index (χ3v) is 2.48. The molecule has 1 aliphatic carbocycles. The molecule has 1 fully saturated rings. The van der Waals surface area contributed by atoms with Gasteiger partial charge in [-0.3, -0.25) is 4.79 Å². The van der Waals surface area contributed by atoms with Gasteiger partial charge in [-0.15, -0.1) is 0 Å². The largest absolute Gasteiger partial charge is 0.481 e. The first-order chi connectivity index (χ1) is 6.17. The molecule has 13 heavy (non-hydrogen) atoms. The van der Waals surface area contributed by atoms with Crippen LogP contribution < -0.4 is 0 Å². The third-order valence-electron chi connectivity index (χ3n) is 2.48. The maximum absolute atomic E-state index is 11.0. The third kappa shape index (κ3) is 1.82. The Labute approximate surface area is 79.0 Å². The van der Waals surface area contributed by atoms with Gasteiger partial charge in [0.15, 0.2) is 0 Å². The summed E-state index contributed by atoms with van der Waals surface area (Å²) in [6.07, 6.45) is 8.32. The fraction of sp³-hybridized carbons (Fsp3) is 0.545. The number of carboxylic acids is 1. The van der Waals surface area contributed by atoms with E-state index in [4.69, 9.17) is 5.11 Å². The SMILES string of the molecule is C/C=C\C(=C/CC)C1(C(=O)O)CC1. The zero-order valence-electron chi connectivity index (χ0n) is 8.21. The van der Waals surface area contributed by atoms with Crippen LogP contribution in [0.4, 0.5) is 0 Å². The Morgan fingerprint density at radius 2 is 2.15 bits per heavy atom. The quantitative estimate of drug-likeness (QED) is 0.675. The molecule has 2 heteroatoms. The molecule has 0 aromatic carbocycles. The van der Waals surface area contributed by atoms with Crippen molar-refractivity contribution in [1.82, 2.24) is 0 Å². The van der Waals surface area contributed by atoms with E-state index in [0.29, 0.717) is 0 Å². The molecule has 0 amide bonds. The molecule has 72 valence electrons. The molecular formula is C11H16O2. The summed E-state index contributed by atoms with van der Waals surface area (Å²) in [7, 11) is 0. The van der Waals surface area contributed by atoms with Gasteiger partial charge in [0.25, 0.3) is 0 Å². The lowest BCUT2D eigenvalue weighted by atomic mass is 9.94. The van der Waals surface area contributed by atoms with E-state index < -0.39 is 11.4 Å². The van der Waals surface area contributed by atoms with Gasteiger partial charge in [-0.25, -0.2) is 0 Å². The zero-order valence-corrected chi connectivity index (χ0v) is 8.21. The molecule has 0 aromatic heterocycles. The monoisotopic (exact) mass is 180 g/mol. The van der Waals surface area contributed by atoms with Gasteiger partial charge >= 0.3 is 5.97 Å². The van der Waals surface area contributed by atoms with E-state index >= 15 is 0 Å². The van der Waals surface area contributed by atoms with Gasteiger partial charge in [0.05, 0.1) is 5.41 Å². The number of carboxylic acid groups (broad SMARTS) is 1. The average Bonchev–Trinajstić information content (AvgIpc) is 2.84. The Hall–Kier alpha value is -1.05. The van der Waals surface area contributed by atoms with Crippen LogP contribution in [0.25, 0.3) is 0 Å². The summed E-state index contributed by atoms with van der Waals surface area (Å²) in [6, 6.07) is 0. The molecule has 0 heterocycles. The fourth-order valence-electron chi connectivity index (χ4n) is 1.57. The molecule has 1 aliphatic rings. The van der Waals surface area contributed by atoms with Gasteiger partial charge in [-0.05, 0) is 31.8 Å². The minimum atomic E-state index is -0.676.